The van der Waals surface area contributed by atoms with Crippen LogP contribution < -0.4 is 4.72 Å². The van der Waals surface area contributed by atoms with E-state index in [2.05, 4.69) is 4.72 Å². The van der Waals surface area contributed by atoms with Gasteiger partial charge in [-0.3, -0.25) is 0 Å². The van der Waals surface area contributed by atoms with Gasteiger partial charge >= 0.3 is 10.2 Å². The lowest BCUT2D eigenvalue weighted by Crippen LogP contribution is -2.35. The van der Waals surface area contributed by atoms with E-state index >= 15 is 0 Å². The van der Waals surface area contributed by atoms with Gasteiger partial charge in [0.05, 0.1) is 16.4 Å². The second-order valence-electron chi connectivity index (χ2n) is 3.89. The summed E-state index contributed by atoms with van der Waals surface area (Å²) < 4.78 is 65.2. The highest BCUT2D eigenvalue weighted by molar-refractivity contribution is 7.89. The number of halogens is 1. The molecule has 0 bridgehead atoms. The number of rotatable bonds is 6. The van der Waals surface area contributed by atoms with Crippen molar-refractivity contribution in [2.24, 2.45) is 0 Å². The van der Waals surface area contributed by atoms with Crippen molar-refractivity contribution in [3.8, 4) is 0 Å². The van der Waals surface area contributed by atoms with Gasteiger partial charge in [-0.05, 0) is 25.1 Å². The first-order chi connectivity index (χ1) is 8.66. The Kier molecular flexibility index (Phi) is 5.02. The molecule has 0 fully saturated rings. The van der Waals surface area contributed by atoms with Gasteiger partial charge in [0.25, 0.3) is 0 Å². The zero-order chi connectivity index (χ0) is 14.7. The van der Waals surface area contributed by atoms with Crippen molar-refractivity contribution in [3.05, 3.63) is 24.3 Å². The molecule has 0 saturated heterocycles. The average Bonchev–Trinajstić information content (AvgIpc) is 2.27. The van der Waals surface area contributed by atoms with E-state index in [0.717, 1.165) is 18.2 Å². The monoisotopic (exact) mass is 311 g/mol. The molecule has 1 N–H and O–H groups in total. The van der Waals surface area contributed by atoms with Crippen LogP contribution in [-0.2, 0) is 25.0 Å². The van der Waals surface area contributed by atoms with Gasteiger partial charge in [-0.1, -0.05) is 6.07 Å². The first-order valence-corrected chi connectivity index (χ1v) is 8.09. The minimum Gasteiger partial charge on any atom is -0.383 e. The zero-order valence-corrected chi connectivity index (χ0v) is 12.0. The maximum atomic E-state index is 12.8. The summed E-state index contributed by atoms with van der Waals surface area (Å²) in [6, 6.07) is 3.57. The SMILES string of the molecule is COCC(C)NS(=O)(=O)c1cccc(S(=O)(=O)F)c1. The van der Waals surface area contributed by atoms with Gasteiger partial charge in [-0.25, -0.2) is 13.1 Å². The minimum absolute atomic E-state index is 0.153. The third-order valence-corrected chi connectivity index (χ3v) is 4.57. The van der Waals surface area contributed by atoms with Gasteiger partial charge in [-0.2, -0.15) is 8.42 Å². The van der Waals surface area contributed by atoms with Crippen molar-refractivity contribution in [1.82, 2.24) is 4.72 Å². The van der Waals surface area contributed by atoms with Crippen molar-refractivity contribution in [2.45, 2.75) is 22.8 Å². The first-order valence-electron chi connectivity index (χ1n) is 5.23. The number of hydrogen-bond donors (Lipinski definition) is 1. The molecule has 0 spiro atoms. The maximum absolute atomic E-state index is 12.8. The molecule has 1 aromatic carbocycles. The van der Waals surface area contributed by atoms with E-state index < -0.39 is 31.2 Å². The second-order valence-corrected chi connectivity index (χ2v) is 6.95. The lowest BCUT2D eigenvalue weighted by Gasteiger charge is -2.13. The Balaban J connectivity index is 3.09. The predicted octanol–water partition coefficient (Wildman–Crippen LogP) is 0.658. The fourth-order valence-electron chi connectivity index (χ4n) is 1.41. The van der Waals surface area contributed by atoms with Crippen LogP contribution in [0.3, 0.4) is 0 Å². The molecule has 1 aromatic rings. The number of hydrogen-bond acceptors (Lipinski definition) is 5. The molecule has 0 amide bonds. The summed E-state index contributed by atoms with van der Waals surface area (Å²) in [6.07, 6.45) is 0. The molecule has 0 saturated carbocycles. The minimum atomic E-state index is -4.94. The zero-order valence-electron chi connectivity index (χ0n) is 10.3. The molecule has 1 atom stereocenters. The lowest BCUT2D eigenvalue weighted by atomic mass is 10.4. The Morgan fingerprint density at radius 2 is 1.84 bits per heavy atom. The molecule has 0 aromatic heterocycles. The third kappa shape index (κ3) is 4.53. The first kappa shape index (κ1) is 16.0. The van der Waals surface area contributed by atoms with Crippen LogP contribution in [0.5, 0.6) is 0 Å². The number of methoxy groups -OCH3 is 1. The quantitative estimate of drug-likeness (QED) is 0.779. The van der Waals surface area contributed by atoms with Crippen molar-refractivity contribution < 1.29 is 25.5 Å². The van der Waals surface area contributed by atoms with Gasteiger partial charge in [0.15, 0.2) is 0 Å². The number of sulfonamides is 1. The van der Waals surface area contributed by atoms with Crippen LogP contribution in [0, 0.1) is 0 Å². The average molecular weight is 311 g/mol. The molecular formula is C10H14FNO5S2. The summed E-state index contributed by atoms with van der Waals surface area (Å²) in [7, 11) is -7.45. The molecule has 0 aliphatic heterocycles. The van der Waals surface area contributed by atoms with Crippen LogP contribution in [-0.4, -0.2) is 36.6 Å². The number of benzene rings is 1. The molecule has 0 aliphatic carbocycles. The van der Waals surface area contributed by atoms with Gasteiger partial charge in [-0.15, -0.1) is 3.89 Å². The van der Waals surface area contributed by atoms with E-state index in [9.17, 15) is 20.7 Å². The van der Waals surface area contributed by atoms with E-state index in [-0.39, 0.29) is 11.5 Å². The molecule has 1 rings (SSSR count). The van der Waals surface area contributed by atoms with Crippen molar-refractivity contribution in [2.75, 3.05) is 13.7 Å². The number of nitrogens with one attached hydrogen (secondary N) is 1. The normalized spacial score (nSPS) is 14.3. The predicted molar refractivity (Wildman–Crippen MR) is 66.4 cm³/mol. The van der Waals surface area contributed by atoms with Gasteiger partial charge in [0.2, 0.25) is 10.0 Å². The van der Waals surface area contributed by atoms with Crippen molar-refractivity contribution in [3.63, 3.8) is 0 Å². The molecule has 1 unspecified atom stereocenters. The summed E-state index contributed by atoms with van der Waals surface area (Å²) in [4.78, 5) is -1.02. The second kappa shape index (κ2) is 5.95. The highest BCUT2D eigenvalue weighted by Crippen LogP contribution is 2.17. The molecule has 6 nitrogen and oxygen atoms in total. The van der Waals surface area contributed by atoms with Crippen molar-refractivity contribution >= 4 is 20.2 Å². The molecule has 19 heavy (non-hydrogen) atoms. The molecule has 0 radical (unpaired) electrons. The van der Waals surface area contributed by atoms with E-state index in [0.29, 0.717) is 0 Å². The Labute approximate surface area is 111 Å². The Hall–Kier alpha value is -1.03. The van der Waals surface area contributed by atoms with Crippen molar-refractivity contribution in [1.29, 1.82) is 0 Å². The molecule has 0 heterocycles. The Morgan fingerprint density at radius 3 is 2.37 bits per heavy atom. The summed E-state index contributed by atoms with van der Waals surface area (Å²) in [5, 5.41) is 0. The third-order valence-electron chi connectivity index (χ3n) is 2.17. The Bertz CT molecular complexity index is 642. The van der Waals surface area contributed by atoms with Gasteiger partial charge < -0.3 is 4.74 Å². The van der Waals surface area contributed by atoms with Crippen LogP contribution in [0.2, 0.25) is 0 Å². The highest BCUT2D eigenvalue weighted by atomic mass is 32.3. The summed E-state index contributed by atoms with van der Waals surface area (Å²) in [6.45, 7) is 1.73. The molecule has 108 valence electrons. The summed E-state index contributed by atoms with van der Waals surface area (Å²) in [5.74, 6) is 0. The van der Waals surface area contributed by atoms with Crippen LogP contribution in [0.25, 0.3) is 0 Å². The van der Waals surface area contributed by atoms with Gasteiger partial charge in [0.1, 0.15) is 0 Å². The topological polar surface area (TPSA) is 89.5 Å². The number of ether oxygens (including phenoxy) is 1. The molecular weight excluding hydrogens is 297 g/mol. The summed E-state index contributed by atoms with van der Waals surface area (Å²) in [5.41, 5.74) is 0. The van der Waals surface area contributed by atoms with E-state index in [4.69, 9.17) is 4.74 Å². The lowest BCUT2D eigenvalue weighted by molar-refractivity contribution is 0.180. The smallest absolute Gasteiger partial charge is 0.332 e. The van der Waals surface area contributed by atoms with Crippen LogP contribution in [0.1, 0.15) is 6.92 Å². The maximum Gasteiger partial charge on any atom is 0.332 e. The van der Waals surface area contributed by atoms with E-state index in [1.165, 1.54) is 13.2 Å². The van der Waals surface area contributed by atoms with Gasteiger partial charge in [0, 0.05) is 13.2 Å². The van der Waals surface area contributed by atoms with Crippen LogP contribution in [0.15, 0.2) is 34.1 Å². The van der Waals surface area contributed by atoms with Crippen LogP contribution in [0.4, 0.5) is 3.89 Å². The van der Waals surface area contributed by atoms with E-state index in [1.54, 1.807) is 6.92 Å². The standard InChI is InChI=1S/C10H14FNO5S2/c1-8(7-17-2)12-19(15,16)10-5-3-4-9(6-10)18(11,13)14/h3-6,8,12H,7H2,1-2H3. The molecule has 9 heteroatoms. The largest absolute Gasteiger partial charge is 0.383 e. The summed E-state index contributed by atoms with van der Waals surface area (Å²) >= 11 is 0. The molecule has 0 aliphatic rings. The highest BCUT2D eigenvalue weighted by Gasteiger charge is 2.20. The van der Waals surface area contributed by atoms with Crippen LogP contribution >= 0.6 is 0 Å². The fraction of sp³-hybridized carbons (Fsp3) is 0.400. The van der Waals surface area contributed by atoms with E-state index in [1.807, 2.05) is 0 Å². The Morgan fingerprint density at radius 1 is 1.26 bits per heavy atom. The fourth-order valence-corrected chi connectivity index (χ4v) is 3.27.